The van der Waals surface area contributed by atoms with Gasteiger partial charge in [0.25, 0.3) is 0 Å². The number of likely N-dealkylation sites (tertiary alicyclic amines) is 1. The van der Waals surface area contributed by atoms with E-state index in [0.717, 1.165) is 38.6 Å². The molecule has 6 heteroatoms. The highest BCUT2D eigenvalue weighted by atomic mass is 16.3. The zero-order chi connectivity index (χ0) is 18.8. The summed E-state index contributed by atoms with van der Waals surface area (Å²) in [4.78, 5) is 18.7. The predicted octanol–water partition coefficient (Wildman–Crippen LogP) is 1.26. The lowest BCUT2D eigenvalue weighted by Gasteiger charge is -2.18. The summed E-state index contributed by atoms with van der Waals surface area (Å²) < 4.78 is 0. The van der Waals surface area contributed by atoms with Crippen LogP contribution in [0.25, 0.3) is 0 Å². The zero-order valence-electron chi connectivity index (χ0n) is 15.9. The minimum atomic E-state index is 0.135. The molecule has 1 aliphatic rings. The number of carbonyl (C=O) groups excluding carboxylic acids is 1. The summed E-state index contributed by atoms with van der Waals surface area (Å²) in [7, 11) is 0. The normalized spacial score (nSPS) is 18.9. The molecule has 6 nitrogen and oxygen atoms in total. The molecular formula is C20H32N4O2. The Morgan fingerprint density at radius 1 is 1.35 bits per heavy atom. The van der Waals surface area contributed by atoms with Gasteiger partial charge in [0.15, 0.2) is 5.96 Å². The van der Waals surface area contributed by atoms with E-state index in [9.17, 15) is 4.79 Å². The molecule has 1 aromatic rings. The van der Waals surface area contributed by atoms with Crippen LogP contribution in [0.4, 0.5) is 0 Å². The average molecular weight is 361 g/mol. The smallest absolute Gasteiger partial charge is 0.223 e. The maximum absolute atomic E-state index is 12.3. The maximum Gasteiger partial charge on any atom is 0.223 e. The topological polar surface area (TPSA) is 77.0 Å². The lowest BCUT2D eigenvalue weighted by molar-refractivity contribution is -0.127. The second kappa shape index (κ2) is 10.8. The summed E-state index contributed by atoms with van der Waals surface area (Å²) in [5.41, 5.74) is 1.27. The highest BCUT2D eigenvalue weighted by molar-refractivity contribution is 5.81. The molecule has 2 unspecified atom stereocenters. The molecule has 2 rings (SSSR count). The van der Waals surface area contributed by atoms with Gasteiger partial charge in [0, 0.05) is 51.7 Å². The summed E-state index contributed by atoms with van der Waals surface area (Å²) >= 11 is 0. The lowest BCUT2D eigenvalue weighted by atomic mass is 10.1. The van der Waals surface area contributed by atoms with Gasteiger partial charge in [-0.25, -0.2) is 0 Å². The van der Waals surface area contributed by atoms with Gasteiger partial charge in [-0.1, -0.05) is 37.3 Å². The second-order valence-electron chi connectivity index (χ2n) is 7.03. The van der Waals surface area contributed by atoms with E-state index in [0.29, 0.717) is 18.9 Å². The van der Waals surface area contributed by atoms with Crippen LogP contribution in [0.3, 0.4) is 0 Å². The van der Waals surface area contributed by atoms with E-state index in [4.69, 9.17) is 5.11 Å². The number of rotatable bonds is 9. The summed E-state index contributed by atoms with van der Waals surface area (Å²) in [5, 5.41) is 15.7. The number of guanidine groups is 1. The number of nitrogens with one attached hydrogen (secondary N) is 2. The molecule has 1 fully saturated rings. The molecule has 1 saturated heterocycles. The number of aliphatic hydroxyl groups is 1. The zero-order valence-corrected chi connectivity index (χ0v) is 15.9. The van der Waals surface area contributed by atoms with Crippen LogP contribution in [0.2, 0.25) is 0 Å². The van der Waals surface area contributed by atoms with Gasteiger partial charge in [-0.05, 0) is 24.8 Å². The molecule has 0 saturated carbocycles. The van der Waals surface area contributed by atoms with E-state index in [1.54, 1.807) is 0 Å². The molecule has 1 heterocycles. The van der Waals surface area contributed by atoms with E-state index in [1.807, 2.05) is 36.9 Å². The molecule has 0 bridgehead atoms. The van der Waals surface area contributed by atoms with E-state index >= 15 is 0 Å². The number of hydrogen-bond donors (Lipinski definition) is 3. The first-order valence-corrected chi connectivity index (χ1v) is 9.57. The van der Waals surface area contributed by atoms with Crippen LogP contribution >= 0.6 is 0 Å². The predicted molar refractivity (Wildman–Crippen MR) is 105 cm³/mol. The minimum absolute atomic E-state index is 0.135. The third kappa shape index (κ3) is 6.67. The van der Waals surface area contributed by atoms with Gasteiger partial charge in [0.05, 0.1) is 0 Å². The molecule has 26 heavy (non-hydrogen) atoms. The lowest BCUT2D eigenvalue weighted by Crippen LogP contribution is -2.40. The number of nitrogens with zero attached hydrogens (tertiary/aromatic N) is 2. The Balaban J connectivity index is 1.78. The first-order chi connectivity index (χ1) is 12.6. The molecule has 0 spiro atoms. The van der Waals surface area contributed by atoms with Crippen LogP contribution in [-0.4, -0.2) is 61.2 Å². The van der Waals surface area contributed by atoms with Crippen molar-refractivity contribution >= 4 is 11.9 Å². The van der Waals surface area contributed by atoms with E-state index in [2.05, 4.69) is 27.8 Å². The highest BCUT2D eigenvalue weighted by Gasteiger charge is 2.29. The number of amides is 1. The standard InChI is InChI=1S/C20H32N4O2/c1-3-21-20(22-12-16(2)15-25)23-13-18-11-19(26)24(14-18)10-9-17-7-5-4-6-8-17/h4-8,16,18,25H,3,9-15H2,1-2H3,(H2,21,22,23). The quantitative estimate of drug-likeness (QED) is 0.458. The number of hydrogen-bond acceptors (Lipinski definition) is 3. The molecule has 1 aromatic carbocycles. The summed E-state index contributed by atoms with van der Waals surface area (Å²) in [6, 6.07) is 10.3. The van der Waals surface area contributed by atoms with E-state index in [-0.39, 0.29) is 18.4 Å². The van der Waals surface area contributed by atoms with Gasteiger partial charge in [-0.2, -0.15) is 0 Å². The summed E-state index contributed by atoms with van der Waals surface area (Å²) in [6.07, 6.45) is 1.49. The van der Waals surface area contributed by atoms with Crippen molar-refractivity contribution in [2.45, 2.75) is 26.7 Å². The molecule has 144 valence electrons. The summed E-state index contributed by atoms with van der Waals surface area (Å²) in [5.74, 6) is 1.44. The van der Waals surface area contributed by atoms with Crippen LogP contribution in [0.15, 0.2) is 35.3 Å². The van der Waals surface area contributed by atoms with Gasteiger partial charge >= 0.3 is 0 Å². The number of carbonyl (C=O) groups is 1. The number of aliphatic imine (C=N–C) groups is 1. The molecule has 2 atom stereocenters. The van der Waals surface area contributed by atoms with Gasteiger partial charge < -0.3 is 20.6 Å². The first-order valence-electron chi connectivity index (χ1n) is 9.57. The van der Waals surface area contributed by atoms with Crippen LogP contribution in [0, 0.1) is 11.8 Å². The molecule has 1 aliphatic heterocycles. The summed E-state index contributed by atoms with van der Waals surface area (Å²) in [6.45, 7) is 7.80. The average Bonchev–Trinajstić information content (AvgIpc) is 3.02. The van der Waals surface area contributed by atoms with Crippen molar-refractivity contribution in [3.63, 3.8) is 0 Å². The fourth-order valence-corrected chi connectivity index (χ4v) is 3.00. The monoisotopic (exact) mass is 360 g/mol. The molecule has 0 aromatic heterocycles. The fourth-order valence-electron chi connectivity index (χ4n) is 3.00. The fraction of sp³-hybridized carbons (Fsp3) is 0.600. The molecule has 3 N–H and O–H groups in total. The third-order valence-corrected chi connectivity index (χ3v) is 4.58. The van der Waals surface area contributed by atoms with Crippen molar-refractivity contribution in [1.82, 2.24) is 15.5 Å². The Hall–Kier alpha value is -2.08. The van der Waals surface area contributed by atoms with Gasteiger partial charge in [-0.15, -0.1) is 0 Å². The molecule has 0 radical (unpaired) electrons. The van der Waals surface area contributed by atoms with E-state index in [1.165, 1.54) is 5.56 Å². The van der Waals surface area contributed by atoms with Crippen molar-refractivity contribution in [3.8, 4) is 0 Å². The SMILES string of the molecule is CCNC(=NCC(C)CO)NCC1CC(=O)N(CCc2ccccc2)C1. The van der Waals surface area contributed by atoms with Crippen LogP contribution in [0.5, 0.6) is 0 Å². The Morgan fingerprint density at radius 3 is 2.81 bits per heavy atom. The first kappa shape index (κ1) is 20.2. The van der Waals surface area contributed by atoms with Crippen LogP contribution < -0.4 is 10.6 Å². The number of benzene rings is 1. The Morgan fingerprint density at radius 2 is 2.12 bits per heavy atom. The second-order valence-corrected chi connectivity index (χ2v) is 7.03. The Bertz CT molecular complexity index is 576. The maximum atomic E-state index is 12.3. The van der Waals surface area contributed by atoms with Crippen molar-refractivity contribution in [1.29, 1.82) is 0 Å². The van der Waals surface area contributed by atoms with Crippen molar-refractivity contribution in [3.05, 3.63) is 35.9 Å². The highest BCUT2D eigenvalue weighted by Crippen LogP contribution is 2.17. The van der Waals surface area contributed by atoms with E-state index < -0.39 is 0 Å². The molecular weight excluding hydrogens is 328 g/mol. The Kier molecular flexibility index (Phi) is 8.41. The van der Waals surface area contributed by atoms with Crippen molar-refractivity contribution < 1.29 is 9.90 Å². The number of aliphatic hydroxyl groups excluding tert-OH is 1. The van der Waals surface area contributed by atoms with Gasteiger partial charge in [-0.3, -0.25) is 9.79 Å². The van der Waals surface area contributed by atoms with Gasteiger partial charge in [0.2, 0.25) is 5.91 Å². The Labute approximate surface area is 156 Å². The molecule has 0 aliphatic carbocycles. The van der Waals surface area contributed by atoms with Gasteiger partial charge in [0.1, 0.15) is 0 Å². The van der Waals surface area contributed by atoms with Crippen LogP contribution in [-0.2, 0) is 11.2 Å². The largest absolute Gasteiger partial charge is 0.396 e. The van der Waals surface area contributed by atoms with Crippen LogP contribution in [0.1, 0.15) is 25.8 Å². The van der Waals surface area contributed by atoms with Crippen molar-refractivity contribution in [2.75, 3.05) is 39.3 Å². The molecule has 1 amide bonds. The minimum Gasteiger partial charge on any atom is -0.396 e. The third-order valence-electron chi connectivity index (χ3n) is 4.58. The van der Waals surface area contributed by atoms with Crippen molar-refractivity contribution in [2.24, 2.45) is 16.8 Å².